The van der Waals surface area contributed by atoms with Crippen molar-refractivity contribution in [3.8, 4) is 0 Å². The van der Waals surface area contributed by atoms with Gasteiger partial charge >= 0.3 is 6.18 Å². The average molecular weight is 518 g/mol. The molecule has 192 valence electrons. The van der Waals surface area contributed by atoms with Crippen LogP contribution in [0.5, 0.6) is 0 Å². The number of sulfonamides is 1. The number of alkyl halides is 3. The Morgan fingerprint density at radius 3 is 2.20 bits per heavy atom. The second-order valence-electron chi connectivity index (χ2n) is 7.78. The van der Waals surface area contributed by atoms with Crippen molar-refractivity contribution in [1.82, 2.24) is 10.2 Å². The lowest BCUT2D eigenvalue weighted by Gasteiger charge is -2.33. The minimum atomic E-state index is -4.72. The standard InChI is InChI=1S/C23H27F4N3O4S/c1-4-20(22(32)28-5-2)29(14-16-9-11-18(24)12-10-16)21(31)15-30(35(3,33)34)19-8-6-7-17(13-19)23(25,26)27/h6-13,20H,4-5,14-15H2,1-3H3,(H,28,32)/t20-/m0/s1. The minimum absolute atomic E-state index is 0.144. The van der Waals surface area contributed by atoms with Gasteiger partial charge in [-0.25, -0.2) is 12.8 Å². The SMILES string of the molecule is CCNC(=O)[C@H](CC)N(Cc1ccc(F)cc1)C(=O)CN(c1cccc(C(F)(F)F)c1)S(C)(=O)=O. The van der Waals surface area contributed by atoms with Crippen LogP contribution in [0.25, 0.3) is 0 Å². The van der Waals surface area contributed by atoms with E-state index in [-0.39, 0.29) is 25.2 Å². The highest BCUT2D eigenvalue weighted by Gasteiger charge is 2.34. The third kappa shape index (κ3) is 7.67. The number of rotatable bonds is 10. The number of amides is 2. The van der Waals surface area contributed by atoms with Crippen molar-refractivity contribution in [2.75, 3.05) is 23.7 Å². The van der Waals surface area contributed by atoms with Crippen LogP contribution in [-0.4, -0.2) is 50.5 Å². The van der Waals surface area contributed by atoms with Gasteiger partial charge in [0, 0.05) is 13.1 Å². The van der Waals surface area contributed by atoms with Gasteiger partial charge < -0.3 is 10.2 Å². The first-order valence-electron chi connectivity index (χ1n) is 10.7. The van der Waals surface area contributed by atoms with Gasteiger partial charge in [-0.05, 0) is 49.2 Å². The van der Waals surface area contributed by atoms with E-state index < -0.39 is 52.0 Å². The van der Waals surface area contributed by atoms with Gasteiger partial charge in [-0.15, -0.1) is 0 Å². The molecule has 1 atom stereocenters. The molecule has 2 aromatic carbocycles. The van der Waals surface area contributed by atoms with Crippen LogP contribution in [-0.2, 0) is 32.3 Å². The second kappa shape index (κ2) is 11.5. The van der Waals surface area contributed by atoms with E-state index in [1.807, 2.05) is 0 Å². The van der Waals surface area contributed by atoms with E-state index in [1.54, 1.807) is 13.8 Å². The van der Waals surface area contributed by atoms with Crippen LogP contribution in [0.2, 0.25) is 0 Å². The lowest BCUT2D eigenvalue weighted by molar-refractivity contribution is -0.140. The Bertz CT molecular complexity index is 1140. The molecule has 0 saturated carbocycles. The fraction of sp³-hybridized carbons (Fsp3) is 0.391. The summed E-state index contributed by atoms with van der Waals surface area (Å²) in [6, 6.07) is 7.81. The van der Waals surface area contributed by atoms with E-state index in [0.717, 1.165) is 29.4 Å². The van der Waals surface area contributed by atoms with Crippen LogP contribution in [0.1, 0.15) is 31.4 Å². The van der Waals surface area contributed by atoms with Crippen molar-refractivity contribution in [1.29, 1.82) is 0 Å². The molecule has 2 amide bonds. The molecule has 2 rings (SSSR count). The predicted octanol–water partition coefficient (Wildman–Crippen LogP) is 3.55. The zero-order valence-corrected chi connectivity index (χ0v) is 20.3. The molecule has 0 heterocycles. The Morgan fingerprint density at radius 1 is 1.06 bits per heavy atom. The summed E-state index contributed by atoms with van der Waals surface area (Å²) in [5, 5.41) is 2.62. The van der Waals surface area contributed by atoms with Crippen LogP contribution in [0.3, 0.4) is 0 Å². The first-order chi connectivity index (χ1) is 16.3. The highest BCUT2D eigenvalue weighted by molar-refractivity contribution is 7.92. The summed E-state index contributed by atoms with van der Waals surface area (Å²) in [5.74, 6) is -1.79. The Morgan fingerprint density at radius 2 is 1.69 bits per heavy atom. The third-order valence-electron chi connectivity index (χ3n) is 5.14. The molecule has 0 saturated heterocycles. The summed E-state index contributed by atoms with van der Waals surface area (Å²) in [7, 11) is -4.18. The smallest absolute Gasteiger partial charge is 0.355 e. The molecule has 0 unspecified atom stereocenters. The summed E-state index contributed by atoms with van der Waals surface area (Å²) in [4.78, 5) is 27.2. The number of nitrogens with one attached hydrogen (secondary N) is 1. The van der Waals surface area contributed by atoms with Crippen LogP contribution < -0.4 is 9.62 Å². The number of hydrogen-bond donors (Lipinski definition) is 1. The molecule has 12 heteroatoms. The monoisotopic (exact) mass is 517 g/mol. The second-order valence-corrected chi connectivity index (χ2v) is 9.69. The Kier molecular flexibility index (Phi) is 9.24. The number of anilines is 1. The van der Waals surface area contributed by atoms with Gasteiger partial charge in [0.05, 0.1) is 17.5 Å². The van der Waals surface area contributed by atoms with E-state index in [0.29, 0.717) is 15.9 Å². The molecule has 35 heavy (non-hydrogen) atoms. The maximum Gasteiger partial charge on any atom is 0.416 e. The number of carbonyl (C=O) groups excluding carboxylic acids is 2. The van der Waals surface area contributed by atoms with Crippen LogP contribution in [0, 0.1) is 5.82 Å². The number of hydrogen-bond acceptors (Lipinski definition) is 4. The fourth-order valence-corrected chi connectivity index (χ4v) is 4.29. The number of likely N-dealkylation sites (N-methyl/N-ethyl adjacent to an activating group) is 1. The molecule has 0 bridgehead atoms. The molecule has 0 radical (unpaired) electrons. The number of carbonyl (C=O) groups is 2. The van der Waals surface area contributed by atoms with Gasteiger partial charge in [-0.3, -0.25) is 13.9 Å². The third-order valence-corrected chi connectivity index (χ3v) is 6.28. The summed E-state index contributed by atoms with van der Waals surface area (Å²) < 4.78 is 78.4. The summed E-state index contributed by atoms with van der Waals surface area (Å²) in [5.41, 5.74) is -0.941. The van der Waals surface area contributed by atoms with E-state index in [1.165, 1.54) is 24.3 Å². The molecule has 1 N–H and O–H groups in total. The minimum Gasteiger partial charge on any atom is -0.355 e. The van der Waals surface area contributed by atoms with E-state index >= 15 is 0 Å². The van der Waals surface area contributed by atoms with Crippen LogP contribution in [0.15, 0.2) is 48.5 Å². The highest BCUT2D eigenvalue weighted by Crippen LogP contribution is 2.32. The van der Waals surface area contributed by atoms with Crippen molar-refractivity contribution < 1.29 is 35.6 Å². The Labute approximate surface area is 201 Å². The molecule has 0 aliphatic carbocycles. The summed E-state index contributed by atoms with van der Waals surface area (Å²) >= 11 is 0. The van der Waals surface area contributed by atoms with Crippen molar-refractivity contribution in [3.63, 3.8) is 0 Å². The number of halogens is 4. The molecule has 7 nitrogen and oxygen atoms in total. The maximum absolute atomic E-state index is 13.4. The molecule has 0 aliphatic heterocycles. The van der Waals surface area contributed by atoms with Crippen molar-refractivity contribution >= 4 is 27.5 Å². The molecule has 0 spiro atoms. The lowest BCUT2D eigenvalue weighted by atomic mass is 10.1. The van der Waals surface area contributed by atoms with E-state index in [9.17, 15) is 35.6 Å². The van der Waals surface area contributed by atoms with Crippen molar-refractivity contribution in [2.24, 2.45) is 0 Å². The highest BCUT2D eigenvalue weighted by atomic mass is 32.2. The Balaban J connectivity index is 2.47. The molecule has 2 aromatic rings. The first kappa shape index (κ1) is 28.1. The van der Waals surface area contributed by atoms with Crippen molar-refractivity contribution in [2.45, 2.75) is 39.0 Å². The number of nitrogens with zero attached hydrogens (tertiary/aromatic N) is 2. The van der Waals surface area contributed by atoms with E-state index in [2.05, 4.69) is 5.32 Å². The number of benzene rings is 2. The summed E-state index contributed by atoms with van der Waals surface area (Å²) in [6.45, 7) is 2.65. The predicted molar refractivity (Wildman–Crippen MR) is 123 cm³/mol. The van der Waals surface area contributed by atoms with Crippen LogP contribution in [0.4, 0.5) is 23.2 Å². The van der Waals surface area contributed by atoms with Gasteiger partial charge in [0.2, 0.25) is 21.8 Å². The molecular formula is C23H27F4N3O4S. The topological polar surface area (TPSA) is 86.8 Å². The van der Waals surface area contributed by atoms with Gasteiger partial charge in [0.15, 0.2) is 0 Å². The molecule has 0 aliphatic rings. The van der Waals surface area contributed by atoms with Gasteiger partial charge in [-0.2, -0.15) is 13.2 Å². The zero-order valence-electron chi connectivity index (χ0n) is 19.5. The fourth-order valence-electron chi connectivity index (χ4n) is 3.45. The van der Waals surface area contributed by atoms with Crippen LogP contribution >= 0.6 is 0 Å². The summed E-state index contributed by atoms with van der Waals surface area (Å²) in [6.07, 6.45) is -3.77. The van der Waals surface area contributed by atoms with Gasteiger partial charge in [-0.1, -0.05) is 25.1 Å². The van der Waals surface area contributed by atoms with E-state index in [4.69, 9.17) is 0 Å². The Hall–Kier alpha value is -3.15. The van der Waals surface area contributed by atoms with Gasteiger partial charge in [0.25, 0.3) is 0 Å². The first-order valence-corrected chi connectivity index (χ1v) is 12.6. The average Bonchev–Trinajstić information content (AvgIpc) is 2.77. The largest absolute Gasteiger partial charge is 0.416 e. The molecule has 0 aromatic heterocycles. The zero-order chi connectivity index (χ0) is 26.4. The molecular weight excluding hydrogens is 490 g/mol. The normalized spacial score (nSPS) is 12.7. The molecule has 0 fully saturated rings. The maximum atomic E-state index is 13.4. The lowest BCUT2D eigenvalue weighted by Crippen LogP contribution is -2.52. The van der Waals surface area contributed by atoms with Gasteiger partial charge in [0.1, 0.15) is 18.4 Å². The quantitative estimate of drug-likeness (QED) is 0.489. The van der Waals surface area contributed by atoms with Crippen molar-refractivity contribution in [3.05, 3.63) is 65.5 Å².